The van der Waals surface area contributed by atoms with E-state index in [2.05, 4.69) is 5.32 Å². The van der Waals surface area contributed by atoms with E-state index < -0.39 is 11.2 Å². The van der Waals surface area contributed by atoms with Crippen LogP contribution >= 0.6 is 0 Å². The number of methoxy groups -OCH3 is 1. The van der Waals surface area contributed by atoms with Crippen LogP contribution in [0.1, 0.15) is 13.8 Å². The van der Waals surface area contributed by atoms with Crippen LogP contribution in [0.4, 0.5) is 11.4 Å². The standard InChI is InChI=1S/C19H18N2O4/c1-19(2)18(23)21(3)16-11(20-19)9-8-10-14-12(24-4)6-5-7-13(14)25-17(22)15(10)16/h5-9,20H,1-4H3. The number of carbonyl (C=O) groups excluding carboxylic acids is 1. The van der Waals surface area contributed by atoms with E-state index in [1.54, 1.807) is 26.3 Å². The molecule has 0 radical (unpaired) electrons. The highest BCUT2D eigenvalue weighted by molar-refractivity contribution is 6.19. The van der Waals surface area contributed by atoms with Gasteiger partial charge >= 0.3 is 5.63 Å². The predicted octanol–water partition coefficient (Wildman–Crippen LogP) is 3.12. The van der Waals surface area contributed by atoms with Gasteiger partial charge in [0.2, 0.25) is 0 Å². The number of rotatable bonds is 1. The van der Waals surface area contributed by atoms with Crippen molar-refractivity contribution in [3.8, 4) is 5.75 Å². The van der Waals surface area contributed by atoms with Gasteiger partial charge in [-0.15, -0.1) is 0 Å². The fourth-order valence-corrected chi connectivity index (χ4v) is 3.55. The van der Waals surface area contributed by atoms with Crippen LogP contribution in [-0.2, 0) is 4.79 Å². The SMILES string of the molecule is COc1cccc2oc(=O)c3c4c(ccc3c12)NC(C)(C)C(=O)N4C. The van der Waals surface area contributed by atoms with Crippen molar-refractivity contribution in [1.29, 1.82) is 0 Å². The number of nitrogens with zero attached hydrogens (tertiary/aromatic N) is 1. The van der Waals surface area contributed by atoms with E-state index in [1.165, 1.54) is 4.90 Å². The van der Waals surface area contributed by atoms with Crippen molar-refractivity contribution >= 4 is 39.0 Å². The minimum absolute atomic E-state index is 0.118. The molecule has 25 heavy (non-hydrogen) atoms. The summed E-state index contributed by atoms with van der Waals surface area (Å²) in [6.45, 7) is 3.62. The van der Waals surface area contributed by atoms with Gasteiger partial charge in [-0.1, -0.05) is 12.1 Å². The maximum Gasteiger partial charge on any atom is 0.346 e. The molecule has 2 heterocycles. The fraction of sp³-hybridized carbons (Fsp3) is 0.263. The average Bonchev–Trinajstić information content (AvgIpc) is 2.58. The Morgan fingerprint density at radius 2 is 1.88 bits per heavy atom. The number of hydrogen-bond acceptors (Lipinski definition) is 5. The molecule has 0 unspecified atom stereocenters. The largest absolute Gasteiger partial charge is 0.496 e. The van der Waals surface area contributed by atoms with Gasteiger partial charge in [0.15, 0.2) is 0 Å². The van der Waals surface area contributed by atoms with Gasteiger partial charge in [0.1, 0.15) is 16.9 Å². The third-order valence-corrected chi connectivity index (χ3v) is 4.68. The zero-order valence-electron chi connectivity index (χ0n) is 14.5. The van der Waals surface area contributed by atoms with Gasteiger partial charge in [0, 0.05) is 12.4 Å². The molecule has 1 aliphatic rings. The van der Waals surface area contributed by atoms with Crippen molar-refractivity contribution < 1.29 is 13.9 Å². The Bertz CT molecular complexity index is 1100. The number of amides is 1. The van der Waals surface area contributed by atoms with Crippen LogP contribution in [0.2, 0.25) is 0 Å². The lowest BCUT2D eigenvalue weighted by atomic mass is 9.95. The van der Waals surface area contributed by atoms with E-state index in [0.29, 0.717) is 33.2 Å². The summed E-state index contributed by atoms with van der Waals surface area (Å²) in [5, 5.41) is 4.99. The zero-order chi connectivity index (χ0) is 17.9. The van der Waals surface area contributed by atoms with Gasteiger partial charge in [0.25, 0.3) is 5.91 Å². The molecule has 1 N–H and O–H groups in total. The molecule has 6 heteroatoms. The second kappa shape index (κ2) is 4.99. The predicted molar refractivity (Wildman–Crippen MR) is 97.7 cm³/mol. The summed E-state index contributed by atoms with van der Waals surface area (Å²) in [7, 11) is 3.25. The average molecular weight is 338 g/mol. The van der Waals surface area contributed by atoms with Crippen LogP contribution in [0.5, 0.6) is 5.75 Å². The summed E-state index contributed by atoms with van der Waals surface area (Å²) >= 11 is 0. The van der Waals surface area contributed by atoms with E-state index in [9.17, 15) is 9.59 Å². The van der Waals surface area contributed by atoms with Crippen LogP contribution in [0, 0.1) is 0 Å². The number of anilines is 2. The normalized spacial score (nSPS) is 16.0. The second-order valence-corrected chi connectivity index (χ2v) is 6.72. The van der Waals surface area contributed by atoms with Crippen molar-refractivity contribution in [2.24, 2.45) is 0 Å². The van der Waals surface area contributed by atoms with Crippen molar-refractivity contribution in [2.75, 3.05) is 24.4 Å². The van der Waals surface area contributed by atoms with E-state index in [0.717, 1.165) is 5.69 Å². The molecule has 1 aromatic heterocycles. The first-order valence-electron chi connectivity index (χ1n) is 7.98. The summed E-state index contributed by atoms with van der Waals surface area (Å²) in [4.78, 5) is 26.9. The third kappa shape index (κ3) is 2.03. The van der Waals surface area contributed by atoms with Crippen LogP contribution in [-0.4, -0.2) is 25.6 Å². The smallest absolute Gasteiger partial charge is 0.346 e. The molecule has 2 aromatic carbocycles. The maximum absolute atomic E-state index is 12.7. The van der Waals surface area contributed by atoms with E-state index in [4.69, 9.17) is 9.15 Å². The molecule has 0 saturated carbocycles. The minimum atomic E-state index is -0.746. The number of likely N-dealkylation sites (N-methyl/N-ethyl adjacent to an activating group) is 1. The summed E-state index contributed by atoms with van der Waals surface area (Å²) < 4.78 is 11.0. The highest BCUT2D eigenvalue weighted by atomic mass is 16.5. The van der Waals surface area contributed by atoms with E-state index >= 15 is 0 Å². The van der Waals surface area contributed by atoms with Gasteiger partial charge in [-0.05, 0) is 32.0 Å². The maximum atomic E-state index is 12.7. The Morgan fingerprint density at radius 1 is 1.12 bits per heavy atom. The lowest BCUT2D eigenvalue weighted by molar-refractivity contribution is -0.121. The number of benzene rings is 2. The fourth-order valence-electron chi connectivity index (χ4n) is 3.55. The van der Waals surface area contributed by atoms with Crippen LogP contribution in [0.25, 0.3) is 21.7 Å². The molecule has 0 aliphatic carbocycles. The van der Waals surface area contributed by atoms with Gasteiger partial charge in [-0.3, -0.25) is 4.79 Å². The molecule has 128 valence electrons. The quantitative estimate of drug-likeness (QED) is 0.545. The Balaban J connectivity index is 2.19. The lowest BCUT2D eigenvalue weighted by Crippen LogP contribution is -2.52. The number of ether oxygens (including phenoxy) is 1. The lowest BCUT2D eigenvalue weighted by Gasteiger charge is -2.38. The van der Waals surface area contributed by atoms with Gasteiger partial charge in [-0.25, -0.2) is 4.79 Å². The highest BCUT2D eigenvalue weighted by Crippen LogP contribution is 2.42. The molecule has 0 saturated heterocycles. The number of fused-ring (bicyclic) bond motifs is 5. The van der Waals surface area contributed by atoms with E-state index in [1.807, 2.05) is 32.0 Å². The monoisotopic (exact) mass is 338 g/mol. The van der Waals surface area contributed by atoms with E-state index in [-0.39, 0.29) is 5.91 Å². The minimum Gasteiger partial charge on any atom is -0.496 e. The van der Waals surface area contributed by atoms with Crippen molar-refractivity contribution in [3.63, 3.8) is 0 Å². The van der Waals surface area contributed by atoms with Crippen LogP contribution in [0.15, 0.2) is 39.5 Å². The molecule has 4 rings (SSSR count). The second-order valence-electron chi connectivity index (χ2n) is 6.72. The highest BCUT2D eigenvalue weighted by Gasteiger charge is 2.38. The number of nitrogens with one attached hydrogen (secondary N) is 1. The van der Waals surface area contributed by atoms with Crippen LogP contribution < -0.4 is 20.6 Å². The molecule has 0 fully saturated rings. The van der Waals surface area contributed by atoms with Gasteiger partial charge in [0.05, 0.1) is 29.3 Å². The number of carbonyl (C=O) groups is 1. The molecule has 1 amide bonds. The Labute approximate surface area is 144 Å². The first kappa shape index (κ1) is 15.5. The van der Waals surface area contributed by atoms with Crippen molar-refractivity contribution in [1.82, 2.24) is 0 Å². The van der Waals surface area contributed by atoms with Crippen LogP contribution in [0.3, 0.4) is 0 Å². The molecule has 0 bridgehead atoms. The van der Waals surface area contributed by atoms with Crippen molar-refractivity contribution in [3.05, 3.63) is 40.8 Å². The summed E-state index contributed by atoms with van der Waals surface area (Å²) in [5.41, 5.74) is 0.484. The molecule has 1 aliphatic heterocycles. The first-order chi connectivity index (χ1) is 11.8. The van der Waals surface area contributed by atoms with Crippen molar-refractivity contribution in [2.45, 2.75) is 19.4 Å². The third-order valence-electron chi connectivity index (χ3n) is 4.68. The molecular weight excluding hydrogens is 320 g/mol. The molecule has 6 nitrogen and oxygen atoms in total. The summed E-state index contributed by atoms with van der Waals surface area (Å²) in [5.74, 6) is 0.497. The molecular formula is C19H18N2O4. The Hall–Kier alpha value is -3.02. The molecule has 0 atom stereocenters. The molecule has 0 spiro atoms. The zero-order valence-corrected chi connectivity index (χ0v) is 14.5. The van der Waals surface area contributed by atoms with Gasteiger partial charge < -0.3 is 19.4 Å². The Kier molecular flexibility index (Phi) is 3.09. The van der Waals surface area contributed by atoms with Gasteiger partial charge in [-0.2, -0.15) is 0 Å². The summed E-state index contributed by atoms with van der Waals surface area (Å²) in [6, 6.07) is 9.07. The number of hydrogen-bond donors (Lipinski definition) is 1. The Morgan fingerprint density at radius 3 is 2.60 bits per heavy atom. The molecule has 3 aromatic rings. The topological polar surface area (TPSA) is 71.8 Å². The summed E-state index contributed by atoms with van der Waals surface area (Å²) in [6.07, 6.45) is 0. The first-order valence-corrected chi connectivity index (χ1v) is 7.98.